The van der Waals surface area contributed by atoms with Gasteiger partial charge in [0, 0.05) is 11.6 Å². The normalized spacial score (nSPS) is 16.7. The van der Waals surface area contributed by atoms with E-state index in [1.165, 1.54) is 6.07 Å². The van der Waals surface area contributed by atoms with Crippen LogP contribution in [0.2, 0.25) is 0 Å². The van der Waals surface area contributed by atoms with Crippen molar-refractivity contribution in [3.8, 4) is 5.75 Å². The van der Waals surface area contributed by atoms with Gasteiger partial charge < -0.3 is 10.1 Å². The predicted octanol–water partition coefficient (Wildman–Crippen LogP) is 3.41. The third kappa shape index (κ3) is 3.26. The van der Waals surface area contributed by atoms with E-state index in [-0.39, 0.29) is 23.4 Å². The van der Waals surface area contributed by atoms with E-state index < -0.39 is 5.91 Å². The molecular weight excluding hydrogens is 356 g/mol. The van der Waals surface area contributed by atoms with Crippen molar-refractivity contribution >= 4 is 23.4 Å². The summed E-state index contributed by atoms with van der Waals surface area (Å²) in [5.41, 5.74) is 1.43. The summed E-state index contributed by atoms with van der Waals surface area (Å²) in [6.07, 6.45) is 2.27. The average molecular weight is 378 g/mol. The fraction of sp³-hybridized carbons (Fsp3) is 0.318. The summed E-state index contributed by atoms with van der Waals surface area (Å²) < 4.78 is 5.40. The lowest BCUT2D eigenvalue weighted by molar-refractivity contribution is 0.0921. The third-order valence-electron chi connectivity index (χ3n) is 5.24. The number of hydrogen-bond acceptors (Lipinski definition) is 4. The zero-order valence-corrected chi connectivity index (χ0v) is 15.9. The maximum Gasteiger partial charge on any atom is 0.266 e. The number of benzene rings is 2. The molecule has 1 atom stereocenters. The Bertz CT molecular complexity index is 948. The number of nitrogens with one attached hydrogen (secondary N) is 1. The summed E-state index contributed by atoms with van der Waals surface area (Å²) in [6, 6.07) is 11.6. The minimum Gasteiger partial charge on any atom is -0.494 e. The van der Waals surface area contributed by atoms with Gasteiger partial charge in [-0.1, -0.05) is 0 Å². The maximum absolute atomic E-state index is 12.9. The number of carbonyl (C=O) groups is 3. The van der Waals surface area contributed by atoms with Crippen LogP contribution in [0.25, 0.3) is 0 Å². The number of imide groups is 1. The molecule has 2 aromatic carbocycles. The van der Waals surface area contributed by atoms with Gasteiger partial charge in [-0.15, -0.1) is 0 Å². The monoisotopic (exact) mass is 378 g/mol. The molecule has 1 fully saturated rings. The molecule has 2 aromatic rings. The summed E-state index contributed by atoms with van der Waals surface area (Å²) in [5.74, 6) is 0.182. The molecule has 1 saturated carbocycles. The van der Waals surface area contributed by atoms with E-state index in [2.05, 4.69) is 5.32 Å². The average Bonchev–Trinajstić information content (AvgIpc) is 3.51. The number of rotatable bonds is 6. The fourth-order valence-electron chi connectivity index (χ4n) is 3.48. The van der Waals surface area contributed by atoms with Crippen LogP contribution < -0.4 is 15.0 Å². The van der Waals surface area contributed by atoms with Crippen LogP contribution in [-0.2, 0) is 0 Å². The lowest BCUT2D eigenvalue weighted by Crippen LogP contribution is -2.34. The van der Waals surface area contributed by atoms with E-state index >= 15 is 0 Å². The Morgan fingerprint density at radius 3 is 2.43 bits per heavy atom. The van der Waals surface area contributed by atoms with E-state index in [0.29, 0.717) is 35.1 Å². The van der Waals surface area contributed by atoms with Crippen molar-refractivity contribution in [2.24, 2.45) is 5.92 Å². The number of amides is 3. The second-order valence-electron chi connectivity index (χ2n) is 7.23. The highest BCUT2D eigenvalue weighted by atomic mass is 16.5. The first-order valence-corrected chi connectivity index (χ1v) is 9.56. The van der Waals surface area contributed by atoms with Gasteiger partial charge in [0.25, 0.3) is 17.7 Å². The topological polar surface area (TPSA) is 75.7 Å². The number of ether oxygens (including phenoxy) is 1. The minimum atomic E-state index is -0.422. The van der Waals surface area contributed by atoms with E-state index in [9.17, 15) is 14.4 Å². The zero-order chi connectivity index (χ0) is 19.8. The summed E-state index contributed by atoms with van der Waals surface area (Å²) in [6.45, 7) is 4.42. The van der Waals surface area contributed by atoms with Crippen LogP contribution in [0, 0.1) is 5.92 Å². The Labute approximate surface area is 163 Å². The Morgan fingerprint density at radius 1 is 1.11 bits per heavy atom. The smallest absolute Gasteiger partial charge is 0.266 e. The molecular formula is C22H22N2O4. The van der Waals surface area contributed by atoms with E-state index in [0.717, 1.165) is 17.7 Å². The van der Waals surface area contributed by atoms with Gasteiger partial charge in [-0.05, 0) is 75.1 Å². The van der Waals surface area contributed by atoms with Crippen molar-refractivity contribution < 1.29 is 19.1 Å². The molecule has 6 nitrogen and oxygen atoms in total. The molecule has 1 unspecified atom stereocenters. The fourth-order valence-corrected chi connectivity index (χ4v) is 3.48. The van der Waals surface area contributed by atoms with Crippen LogP contribution in [0.4, 0.5) is 5.69 Å². The SMILES string of the molecule is CCOc1ccc(N2C(=O)c3ccc(C(=O)NC(C)C4CC4)cc3C2=O)cc1. The Morgan fingerprint density at radius 2 is 1.79 bits per heavy atom. The molecule has 1 N–H and O–H groups in total. The van der Waals surface area contributed by atoms with Gasteiger partial charge in [0.15, 0.2) is 0 Å². The lowest BCUT2D eigenvalue weighted by Gasteiger charge is -2.14. The maximum atomic E-state index is 12.9. The number of anilines is 1. The largest absolute Gasteiger partial charge is 0.494 e. The molecule has 2 aliphatic rings. The van der Waals surface area contributed by atoms with Gasteiger partial charge in [0.1, 0.15) is 5.75 Å². The van der Waals surface area contributed by atoms with Crippen molar-refractivity contribution in [2.75, 3.05) is 11.5 Å². The number of hydrogen-bond donors (Lipinski definition) is 1. The molecule has 4 rings (SSSR count). The molecule has 0 spiro atoms. The first-order valence-electron chi connectivity index (χ1n) is 9.56. The standard InChI is InChI=1S/C22H22N2O4/c1-3-28-17-9-7-16(8-10-17)24-21(26)18-11-6-15(12-19(18)22(24)27)20(25)23-13(2)14-4-5-14/h6-14H,3-5H2,1-2H3,(H,23,25). The van der Waals surface area contributed by atoms with Crippen LogP contribution >= 0.6 is 0 Å². The highest BCUT2D eigenvalue weighted by molar-refractivity contribution is 6.34. The molecule has 0 saturated heterocycles. The molecule has 28 heavy (non-hydrogen) atoms. The van der Waals surface area contributed by atoms with Crippen molar-refractivity contribution in [3.05, 3.63) is 59.2 Å². The third-order valence-corrected chi connectivity index (χ3v) is 5.24. The van der Waals surface area contributed by atoms with Crippen molar-refractivity contribution in [1.29, 1.82) is 0 Å². The molecule has 144 valence electrons. The molecule has 1 aliphatic carbocycles. The van der Waals surface area contributed by atoms with Crippen LogP contribution in [0.15, 0.2) is 42.5 Å². The molecule has 0 aromatic heterocycles. The van der Waals surface area contributed by atoms with Crippen molar-refractivity contribution in [2.45, 2.75) is 32.7 Å². The summed E-state index contributed by atoms with van der Waals surface area (Å²) >= 11 is 0. The van der Waals surface area contributed by atoms with Gasteiger partial charge in [-0.3, -0.25) is 14.4 Å². The van der Waals surface area contributed by atoms with Gasteiger partial charge in [0.2, 0.25) is 0 Å². The van der Waals surface area contributed by atoms with Gasteiger partial charge >= 0.3 is 0 Å². The van der Waals surface area contributed by atoms with Crippen LogP contribution in [-0.4, -0.2) is 30.4 Å². The number of fused-ring (bicyclic) bond motifs is 1. The van der Waals surface area contributed by atoms with Crippen LogP contribution in [0.1, 0.15) is 57.8 Å². The van der Waals surface area contributed by atoms with E-state index in [1.54, 1.807) is 36.4 Å². The molecule has 0 bridgehead atoms. The summed E-state index contributed by atoms with van der Waals surface area (Å²) in [7, 11) is 0. The van der Waals surface area contributed by atoms with Crippen LogP contribution in [0.3, 0.4) is 0 Å². The summed E-state index contributed by atoms with van der Waals surface area (Å²) in [4.78, 5) is 39.2. The number of carbonyl (C=O) groups excluding carboxylic acids is 3. The first-order chi connectivity index (χ1) is 13.5. The van der Waals surface area contributed by atoms with Gasteiger partial charge in [-0.2, -0.15) is 0 Å². The molecule has 1 heterocycles. The quantitative estimate of drug-likeness (QED) is 0.782. The molecule has 1 aliphatic heterocycles. The van der Waals surface area contributed by atoms with Gasteiger partial charge in [-0.25, -0.2) is 4.90 Å². The highest BCUT2D eigenvalue weighted by Crippen LogP contribution is 2.33. The molecule has 0 radical (unpaired) electrons. The second kappa shape index (κ2) is 7.11. The van der Waals surface area contributed by atoms with Crippen molar-refractivity contribution in [1.82, 2.24) is 5.32 Å². The Balaban J connectivity index is 1.57. The molecule has 6 heteroatoms. The number of nitrogens with zero attached hydrogens (tertiary/aromatic N) is 1. The minimum absolute atomic E-state index is 0.110. The molecule has 3 amide bonds. The zero-order valence-electron chi connectivity index (χ0n) is 15.9. The van der Waals surface area contributed by atoms with Crippen molar-refractivity contribution in [3.63, 3.8) is 0 Å². The lowest BCUT2D eigenvalue weighted by atomic mass is 10.0. The Kier molecular flexibility index (Phi) is 4.63. The second-order valence-corrected chi connectivity index (χ2v) is 7.23. The Hall–Kier alpha value is -3.15. The van der Waals surface area contributed by atoms with Gasteiger partial charge in [0.05, 0.1) is 23.4 Å². The highest BCUT2D eigenvalue weighted by Gasteiger charge is 2.37. The first kappa shape index (κ1) is 18.2. The van der Waals surface area contributed by atoms with E-state index in [1.807, 2.05) is 13.8 Å². The summed E-state index contributed by atoms with van der Waals surface area (Å²) in [5, 5.41) is 2.97. The van der Waals surface area contributed by atoms with Crippen LogP contribution in [0.5, 0.6) is 5.75 Å². The van der Waals surface area contributed by atoms with E-state index in [4.69, 9.17) is 4.74 Å². The predicted molar refractivity (Wildman–Crippen MR) is 105 cm³/mol.